The van der Waals surface area contributed by atoms with Gasteiger partial charge in [0.2, 0.25) is 5.75 Å². The second kappa shape index (κ2) is 8.68. The van der Waals surface area contributed by atoms with Crippen LogP contribution < -0.4 is 4.74 Å². The molecular weight excluding hydrogens is 240 g/mol. The third-order valence-electron chi connectivity index (χ3n) is 3.24. The summed E-state index contributed by atoms with van der Waals surface area (Å²) in [5.74, 6) is 0.238. The molecule has 0 atom stereocenters. The van der Waals surface area contributed by atoms with E-state index in [1.165, 1.54) is 6.07 Å². The Morgan fingerprint density at radius 2 is 1.63 bits per heavy atom. The fourth-order valence-electron chi connectivity index (χ4n) is 2.05. The van der Waals surface area contributed by atoms with Crippen LogP contribution in [0.3, 0.4) is 0 Å². The molecule has 0 saturated heterocycles. The zero-order valence-corrected chi connectivity index (χ0v) is 12.1. The van der Waals surface area contributed by atoms with Gasteiger partial charge in [-0.25, -0.2) is 0 Å². The molecule has 0 radical (unpaired) electrons. The van der Waals surface area contributed by atoms with Crippen LogP contribution in [0.1, 0.15) is 57.9 Å². The van der Waals surface area contributed by atoms with E-state index in [1.807, 2.05) is 6.07 Å². The lowest BCUT2D eigenvalue weighted by Crippen LogP contribution is -2.01. The van der Waals surface area contributed by atoms with E-state index in [1.54, 1.807) is 0 Å². The SMILES string of the molecule is CCCCCOc1c(CCCCC)ccc(O)c1O. The average Bonchev–Trinajstić information content (AvgIpc) is 2.41. The van der Waals surface area contributed by atoms with Gasteiger partial charge in [0, 0.05) is 0 Å². The number of benzene rings is 1. The van der Waals surface area contributed by atoms with Crippen molar-refractivity contribution >= 4 is 0 Å². The molecular formula is C16H26O3. The lowest BCUT2D eigenvalue weighted by Gasteiger charge is -2.14. The van der Waals surface area contributed by atoms with Crippen molar-refractivity contribution in [1.29, 1.82) is 0 Å². The minimum atomic E-state index is -0.120. The van der Waals surface area contributed by atoms with Gasteiger partial charge in [0.15, 0.2) is 11.5 Å². The quantitative estimate of drug-likeness (QED) is 0.514. The number of unbranched alkanes of at least 4 members (excludes halogenated alkanes) is 4. The molecule has 0 aliphatic heterocycles. The number of phenolic OH excluding ortho intramolecular Hbond substituents is 2. The van der Waals surface area contributed by atoms with Crippen molar-refractivity contribution in [1.82, 2.24) is 0 Å². The van der Waals surface area contributed by atoms with Crippen molar-refractivity contribution in [2.24, 2.45) is 0 Å². The van der Waals surface area contributed by atoms with Crippen molar-refractivity contribution in [3.8, 4) is 17.2 Å². The molecule has 1 aromatic rings. The topological polar surface area (TPSA) is 49.7 Å². The van der Waals surface area contributed by atoms with E-state index in [0.717, 1.165) is 50.5 Å². The van der Waals surface area contributed by atoms with Gasteiger partial charge in [-0.2, -0.15) is 0 Å². The van der Waals surface area contributed by atoms with Crippen LogP contribution in [0.25, 0.3) is 0 Å². The van der Waals surface area contributed by atoms with Gasteiger partial charge in [0.25, 0.3) is 0 Å². The normalized spacial score (nSPS) is 10.6. The third-order valence-corrected chi connectivity index (χ3v) is 3.24. The summed E-state index contributed by atoms with van der Waals surface area (Å²) in [7, 11) is 0. The van der Waals surface area contributed by atoms with E-state index >= 15 is 0 Å². The smallest absolute Gasteiger partial charge is 0.200 e. The van der Waals surface area contributed by atoms with Crippen molar-refractivity contribution in [2.45, 2.75) is 58.8 Å². The summed E-state index contributed by atoms with van der Waals surface area (Å²) in [4.78, 5) is 0. The molecule has 0 saturated carbocycles. The molecule has 0 aromatic heterocycles. The number of hydrogen-bond acceptors (Lipinski definition) is 3. The molecule has 0 spiro atoms. The second-order valence-electron chi connectivity index (χ2n) is 4.93. The summed E-state index contributed by atoms with van der Waals surface area (Å²) in [5, 5.41) is 19.5. The van der Waals surface area contributed by atoms with Gasteiger partial charge in [-0.1, -0.05) is 45.6 Å². The first-order chi connectivity index (χ1) is 9.20. The maximum absolute atomic E-state index is 9.92. The van der Waals surface area contributed by atoms with Gasteiger partial charge in [0.1, 0.15) is 0 Å². The zero-order valence-electron chi connectivity index (χ0n) is 12.1. The first-order valence-corrected chi connectivity index (χ1v) is 7.37. The molecule has 108 valence electrons. The Morgan fingerprint density at radius 1 is 0.947 bits per heavy atom. The zero-order chi connectivity index (χ0) is 14.1. The average molecular weight is 266 g/mol. The minimum absolute atomic E-state index is 0.107. The number of hydrogen-bond donors (Lipinski definition) is 2. The Labute approximate surface area is 116 Å². The van der Waals surface area contributed by atoms with Crippen LogP contribution in [0.4, 0.5) is 0 Å². The van der Waals surface area contributed by atoms with Crippen LogP contribution in [-0.2, 0) is 6.42 Å². The maximum Gasteiger partial charge on any atom is 0.200 e. The highest BCUT2D eigenvalue weighted by molar-refractivity contribution is 5.54. The molecule has 0 bridgehead atoms. The monoisotopic (exact) mass is 266 g/mol. The predicted molar refractivity (Wildman–Crippen MR) is 78.0 cm³/mol. The van der Waals surface area contributed by atoms with Gasteiger partial charge < -0.3 is 14.9 Å². The molecule has 1 aromatic carbocycles. The highest BCUT2D eigenvalue weighted by Gasteiger charge is 2.13. The lowest BCUT2D eigenvalue weighted by atomic mass is 10.1. The Hall–Kier alpha value is -1.38. The van der Waals surface area contributed by atoms with Crippen LogP contribution in [0.5, 0.6) is 17.2 Å². The molecule has 3 heteroatoms. The number of ether oxygens (including phenoxy) is 1. The summed E-state index contributed by atoms with van der Waals surface area (Å²) in [6.45, 7) is 4.89. The molecule has 0 aliphatic rings. The van der Waals surface area contributed by atoms with Crippen LogP contribution in [-0.4, -0.2) is 16.8 Å². The summed E-state index contributed by atoms with van der Waals surface area (Å²) < 4.78 is 5.67. The van der Waals surface area contributed by atoms with Crippen molar-refractivity contribution in [2.75, 3.05) is 6.61 Å². The largest absolute Gasteiger partial charge is 0.504 e. The number of phenols is 2. The molecule has 0 amide bonds. The molecule has 0 aliphatic carbocycles. The standard InChI is InChI=1S/C16H26O3/c1-3-5-7-9-13-10-11-14(17)15(18)16(13)19-12-8-6-4-2/h10-11,17-18H,3-9,12H2,1-2H3. The maximum atomic E-state index is 9.92. The van der Waals surface area contributed by atoms with Crippen LogP contribution >= 0.6 is 0 Å². The minimum Gasteiger partial charge on any atom is -0.504 e. The number of aryl methyl sites for hydroxylation is 1. The van der Waals surface area contributed by atoms with Gasteiger partial charge in [-0.3, -0.25) is 0 Å². The number of aromatic hydroxyl groups is 2. The van der Waals surface area contributed by atoms with Crippen molar-refractivity contribution in [3.63, 3.8) is 0 Å². The van der Waals surface area contributed by atoms with Crippen molar-refractivity contribution in [3.05, 3.63) is 17.7 Å². The van der Waals surface area contributed by atoms with Crippen LogP contribution in [0.15, 0.2) is 12.1 Å². The fourth-order valence-corrected chi connectivity index (χ4v) is 2.05. The first kappa shape index (κ1) is 15.7. The summed E-state index contributed by atoms with van der Waals surface area (Å²) >= 11 is 0. The van der Waals surface area contributed by atoms with E-state index in [4.69, 9.17) is 4.74 Å². The molecule has 19 heavy (non-hydrogen) atoms. The highest BCUT2D eigenvalue weighted by atomic mass is 16.5. The van der Waals surface area contributed by atoms with E-state index in [0.29, 0.717) is 12.4 Å². The second-order valence-corrected chi connectivity index (χ2v) is 4.93. The van der Waals surface area contributed by atoms with Gasteiger partial charge in [0.05, 0.1) is 6.61 Å². The van der Waals surface area contributed by atoms with E-state index < -0.39 is 0 Å². The van der Waals surface area contributed by atoms with E-state index in [2.05, 4.69) is 13.8 Å². The van der Waals surface area contributed by atoms with Crippen LogP contribution in [0, 0.1) is 0 Å². The third kappa shape index (κ3) is 5.01. The van der Waals surface area contributed by atoms with Gasteiger partial charge in [-0.15, -0.1) is 0 Å². The Kier molecular flexibility index (Phi) is 7.16. The predicted octanol–water partition coefficient (Wildman–Crippen LogP) is 4.40. The Morgan fingerprint density at radius 3 is 2.32 bits per heavy atom. The van der Waals surface area contributed by atoms with Crippen LogP contribution in [0.2, 0.25) is 0 Å². The lowest BCUT2D eigenvalue weighted by molar-refractivity contribution is 0.281. The summed E-state index contributed by atoms with van der Waals surface area (Å²) in [6, 6.07) is 3.38. The summed E-state index contributed by atoms with van der Waals surface area (Å²) in [5.41, 5.74) is 0.986. The van der Waals surface area contributed by atoms with Crippen molar-refractivity contribution < 1.29 is 14.9 Å². The van der Waals surface area contributed by atoms with E-state index in [9.17, 15) is 10.2 Å². The van der Waals surface area contributed by atoms with Gasteiger partial charge in [-0.05, 0) is 30.9 Å². The molecule has 0 fully saturated rings. The Bertz CT molecular complexity index is 375. The first-order valence-electron chi connectivity index (χ1n) is 7.37. The molecule has 2 N–H and O–H groups in total. The molecule has 0 unspecified atom stereocenters. The summed E-state index contributed by atoms with van der Waals surface area (Å²) in [6.07, 6.45) is 7.51. The van der Waals surface area contributed by atoms with E-state index in [-0.39, 0.29) is 11.5 Å². The number of rotatable bonds is 9. The fraction of sp³-hybridized carbons (Fsp3) is 0.625. The highest BCUT2D eigenvalue weighted by Crippen LogP contribution is 2.39. The molecule has 0 heterocycles. The van der Waals surface area contributed by atoms with Gasteiger partial charge >= 0.3 is 0 Å². The Balaban J connectivity index is 2.69. The molecule has 3 nitrogen and oxygen atoms in total. The molecule has 1 rings (SSSR count).